The Kier molecular flexibility index (Phi) is 4.62. The SMILES string of the molecule is CC(C)(O)/C=C/c1ccc2[nH]c3c(c2c1)C[C@@H]1CC[C@@]2(O)C4=CC(=O)[C@@H]5O[C@]4(CC[C@]2(C)[C@@]31C)OC5(C)C. The summed E-state index contributed by atoms with van der Waals surface area (Å²) in [6.07, 6.45) is 8.61. The van der Waals surface area contributed by atoms with Crippen LogP contribution in [0.2, 0.25) is 0 Å². The number of hydrogen-bond acceptors (Lipinski definition) is 5. The fourth-order valence-electron chi connectivity index (χ4n) is 8.86. The molecule has 202 valence electrons. The lowest BCUT2D eigenvalue weighted by molar-refractivity contribution is -0.247. The number of hydrogen-bond donors (Lipinski definition) is 3. The van der Waals surface area contributed by atoms with Gasteiger partial charge in [0.1, 0.15) is 5.60 Å². The second-order valence-corrected chi connectivity index (χ2v) is 14.0. The van der Waals surface area contributed by atoms with E-state index < -0.39 is 34.1 Å². The van der Waals surface area contributed by atoms with Gasteiger partial charge in [0.05, 0.1) is 11.2 Å². The number of ketones is 1. The van der Waals surface area contributed by atoms with Crippen LogP contribution in [0, 0.1) is 11.3 Å². The van der Waals surface area contributed by atoms with Crippen LogP contribution in [-0.2, 0) is 26.1 Å². The first-order chi connectivity index (χ1) is 17.6. The summed E-state index contributed by atoms with van der Waals surface area (Å²) in [7, 11) is 0. The Balaban J connectivity index is 1.35. The average Bonchev–Trinajstić information content (AvgIpc) is 3.41. The highest BCUT2D eigenvalue weighted by Gasteiger charge is 2.75. The maximum absolute atomic E-state index is 13.2. The number of aromatic amines is 1. The predicted octanol–water partition coefficient (Wildman–Crippen LogP) is 5.11. The lowest BCUT2D eigenvalue weighted by Crippen LogP contribution is -2.69. The Bertz CT molecular complexity index is 1460. The van der Waals surface area contributed by atoms with Gasteiger partial charge in [-0.2, -0.15) is 0 Å². The maximum atomic E-state index is 13.2. The molecular formula is C32H39NO5. The molecule has 6 atom stereocenters. The smallest absolute Gasteiger partial charge is 0.195 e. The first kappa shape index (κ1) is 24.8. The molecule has 0 unspecified atom stereocenters. The highest BCUT2D eigenvalue weighted by Crippen LogP contribution is 2.71. The Morgan fingerprint density at radius 2 is 1.89 bits per heavy atom. The van der Waals surface area contributed by atoms with Gasteiger partial charge >= 0.3 is 0 Å². The van der Waals surface area contributed by atoms with Crippen molar-refractivity contribution in [3.05, 3.63) is 52.7 Å². The molecule has 5 aliphatic rings. The topological polar surface area (TPSA) is 91.8 Å². The van der Waals surface area contributed by atoms with E-state index in [2.05, 4.69) is 37.0 Å². The summed E-state index contributed by atoms with van der Waals surface area (Å²) >= 11 is 0. The molecule has 3 heterocycles. The number of rotatable bonds is 2. The molecule has 38 heavy (non-hydrogen) atoms. The molecule has 2 bridgehead atoms. The summed E-state index contributed by atoms with van der Waals surface area (Å²) in [4.78, 5) is 17.0. The highest BCUT2D eigenvalue weighted by atomic mass is 16.8. The van der Waals surface area contributed by atoms with E-state index in [1.807, 2.05) is 26.0 Å². The van der Waals surface area contributed by atoms with Crippen LogP contribution in [0.15, 0.2) is 35.9 Å². The van der Waals surface area contributed by atoms with Crippen molar-refractivity contribution in [1.82, 2.24) is 4.98 Å². The van der Waals surface area contributed by atoms with Gasteiger partial charge in [-0.1, -0.05) is 32.1 Å². The van der Waals surface area contributed by atoms with Gasteiger partial charge < -0.3 is 24.7 Å². The summed E-state index contributed by atoms with van der Waals surface area (Å²) in [5.74, 6) is -0.742. The van der Waals surface area contributed by atoms with Crippen LogP contribution in [0.5, 0.6) is 0 Å². The fraction of sp³-hybridized carbons (Fsp3) is 0.594. The van der Waals surface area contributed by atoms with Gasteiger partial charge in [0.25, 0.3) is 0 Å². The third kappa shape index (κ3) is 2.85. The molecule has 2 saturated carbocycles. The van der Waals surface area contributed by atoms with E-state index in [0.29, 0.717) is 24.3 Å². The van der Waals surface area contributed by atoms with Crippen molar-refractivity contribution < 1.29 is 24.5 Å². The van der Waals surface area contributed by atoms with E-state index in [-0.39, 0.29) is 11.2 Å². The van der Waals surface area contributed by atoms with E-state index in [0.717, 1.165) is 30.3 Å². The standard InChI is InChI=1S/C32H39NO5/c1-27(2,35)11-9-18-7-8-22-20(15-18)21-16-19-10-12-31(36)24-17-23(34)26-28(3,4)38-32(24,37-26)14-13-29(31,5)30(19,6)25(21)33-22/h7-9,11,15,17,19,26,33,35-36H,10,12-14,16H2,1-6H3/b11-9+/t19-,26-,29+,30+,31+,32+/m0/s1. The van der Waals surface area contributed by atoms with Gasteiger partial charge in [0, 0.05) is 39.4 Å². The summed E-state index contributed by atoms with van der Waals surface area (Å²) in [6.45, 7) is 11.9. The zero-order valence-corrected chi connectivity index (χ0v) is 23.3. The van der Waals surface area contributed by atoms with Crippen molar-refractivity contribution in [3.63, 3.8) is 0 Å². The van der Waals surface area contributed by atoms with Gasteiger partial charge in [-0.15, -0.1) is 0 Å². The number of carbonyl (C=O) groups is 1. The molecule has 3 N–H and O–H groups in total. The normalized spacial score (nSPS) is 41.2. The molecule has 6 heteroatoms. The number of aromatic nitrogens is 1. The Hall–Kier alpha value is -2.25. The van der Waals surface area contributed by atoms with Gasteiger partial charge in [-0.3, -0.25) is 4.79 Å². The third-order valence-corrected chi connectivity index (χ3v) is 11.0. The van der Waals surface area contributed by atoms with Gasteiger partial charge in [-0.25, -0.2) is 0 Å². The lowest BCUT2D eigenvalue weighted by atomic mass is 9.42. The Morgan fingerprint density at radius 1 is 1.13 bits per heavy atom. The number of carbonyl (C=O) groups excluding carboxylic acids is 1. The molecule has 2 aromatic rings. The number of fused-ring (bicyclic) bond motifs is 9. The molecule has 3 fully saturated rings. The van der Waals surface area contributed by atoms with Crippen LogP contribution in [0.1, 0.15) is 84.0 Å². The minimum absolute atomic E-state index is 0.104. The predicted molar refractivity (Wildman–Crippen MR) is 146 cm³/mol. The van der Waals surface area contributed by atoms with Crippen molar-refractivity contribution in [1.29, 1.82) is 0 Å². The van der Waals surface area contributed by atoms with Crippen molar-refractivity contribution in [3.8, 4) is 0 Å². The molecule has 6 nitrogen and oxygen atoms in total. The summed E-state index contributed by atoms with van der Waals surface area (Å²) < 4.78 is 12.9. The molecule has 7 rings (SSSR count). The summed E-state index contributed by atoms with van der Waals surface area (Å²) in [5, 5.41) is 24.1. The third-order valence-electron chi connectivity index (χ3n) is 11.0. The monoisotopic (exact) mass is 517 g/mol. The lowest BCUT2D eigenvalue weighted by Gasteiger charge is -2.65. The zero-order valence-electron chi connectivity index (χ0n) is 23.3. The molecule has 2 aliphatic heterocycles. The number of H-pyrrole nitrogens is 1. The largest absolute Gasteiger partial charge is 0.386 e. The summed E-state index contributed by atoms with van der Waals surface area (Å²) in [5.41, 5.74) is 1.71. The zero-order chi connectivity index (χ0) is 27.1. The van der Waals surface area contributed by atoms with E-state index in [1.54, 1.807) is 19.9 Å². The molecule has 0 radical (unpaired) electrons. The molecule has 3 aliphatic carbocycles. The van der Waals surface area contributed by atoms with Crippen LogP contribution in [0.3, 0.4) is 0 Å². The van der Waals surface area contributed by atoms with Crippen molar-refractivity contribution >= 4 is 22.8 Å². The van der Waals surface area contributed by atoms with Crippen molar-refractivity contribution in [2.45, 2.75) is 108 Å². The first-order valence-corrected chi connectivity index (χ1v) is 14.1. The van der Waals surface area contributed by atoms with Gasteiger partial charge in [0.2, 0.25) is 0 Å². The minimum atomic E-state index is -1.21. The first-order valence-electron chi connectivity index (χ1n) is 14.1. The second kappa shape index (κ2) is 7.08. The number of nitrogens with one attached hydrogen (secondary N) is 1. The van der Waals surface area contributed by atoms with Gasteiger partial charge in [-0.05, 0) is 88.6 Å². The second-order valence-electron chi connectivity index (χ2n) is 14.0. The van der Waals surface area contributed by atoms with Crippen LogP contribution in [-0.4, -0.2) is 49.7 Å². The fourth-order valence-corrected chi connectivity index (χ4v) is 8.86. The highest BCUT2D eigenvalue weighted by molar-refractivity contribution is 5.97. The molecule has 1 aromatic carbocycles. The number of ether oxygens (including phenoxy) is 2. The number of benzene rings is 1. The Labute approximate surface area is 224 Å². The van der Waals surface area contributed by atoms with Crippen LogP contribution in [0.25, 0.3) is 17.0 Å². The molecular weight excluding hydrogens is 478 g/mol. The molecule has 1 saturated heterocycles. The van der Waals surface area contributed by atoms with E-state index in [4.69, 9.17) is 9.47 Å². The molecule has 1 spiro atoms. The quantitative estimate of drug-likeness (QED) is 0.515. The van der Waals surface area contributed by atoms with E-state index in [9.17, 15) is 15.0 Å². The minimum Gasteiger partial charge on any atom is -0.386 e. The van der Waals surface area contributed by atoms with Crippen molar-refractivity contribution in [2.75, 3.05) is 0 Å². The summed E-state index contributed by atoms with van der Waals surface area (Å²) in [6, 6.07) is 6.40. The van der Waals surface area contributed by atoms with Gasteiger partial charge in [0.15, 0.2) is 17.7 Å². The number of aliphatic hydroxyl groups is 2. The van der Waals surface area contributed by atoms with Crippen LogP contribution >= 0.6 is 0 Å². The maximum Gasteiger partial charge on any atom is 0.195 e. The molecule has 0 amide bonds. The van der Waals surface area contributed by atoms with E-state index in [1.165, 1.54) is 16.6 Å². The average molecular weight is 518 g/mol. The van der Waals surface area contributed by atoms with Crippen molar-refractivity contribution in [2.24, 2.45) is 11.3 Å². The molecule has 1 aromatic heterocycles. The van der Waals surface area contributed by atoms with Crippen LogP contribution < -0.4 is 0 Å². The van der Waals surface area contributed by atoms with Crippen LogP contribution in [0.4, 0.5) is 0 Å². The van der Waals surface area contributed by atoms with E-state index >= 15 is 0 Å². The Morgan fingerprint density at radius 3 is 2.63 bits per heavy atom.